The number of rotatable bonds is 2. The van der Waals surface area contributed by atoms with Crippen LogP contribution in [0.25, 0.3) is 0 Å². The molecule has 154 valence electrons. The summed E-state index contributed by atoms with van der Waals surface area (Å²) >= 11 is 0. The largest absolute Gasteiger partial charge is 0.451 e. The molecule has 0 bridgehead atoms. The Bertz CT molecular complexity index is 861. The molecule has 4 aliphatic rings. The number of hydrogen-bond acceptors (Lipinski definition) is 4. The molecule has 4 rings (SSSR count). The molecule has 7 atom stereocenters. The van der Waals surface area contributed by atoms with Gasteiger partial charge in [-0.3, -0.25) is 14.4 Å². The highest BCUT2D eigenvalue weighted by Crippen LogP contribution is 2.69. The Morgan fingerprint density at radius 3 is 2.50 bits per heavy atom. The molecule has 0 aliphatic heterocycles. The highest BCUT2D eigenvalue weighted by atomic mass is 16.6. The van der Waals surface area contributed by atoms with Crippen molar-refractivity contribution in [1.29, 1.82) is 0 Å². The van der Waals surface area contributed by atoms with Crippen molar-refractivity contribution < 1.29 is 23.2 Å². The summed E-state index contributed by atoms with van der Waals surface area (Å²) in [6, 6.07) is 0. The van der Waals surface area contributed by atoms with Crippen molar-refractivity contribution in [2.75, 3.05) is 0 Å². The Morgan fingerprint density at radius 2 is 1.86 bits per heavy atom. The van der Waals surface area contributed by atoms with Gasteiger partial charge in [0.05, 0.1) is 0 Å². The van der Waals surface area contributed by atoms with Gasteiger partial charge in [0.2, 0.25) is 0 Å². The zero-order chi connectivity index (χ0) is 23.0. The maximum atomic E-state index is 12.9. The van der Waals surface area contributed by atoms with E-state index in [0.29, 0.717) is 25.7 Å². The van der Waals surface area contributed by atoms with Crippen molar-refractivity contribution in [3.63, 3.8) is 0 Å². The van der Waals surface area contributed by atoms with Gasteiger partial charge in [-0.05, 0) is 80.6 Å². The number of carbonyl (C=O) groups is 3. The number of hydrogen-bond donors (Lipinski definition) is 0. The highest BCUT2D eigenvalue weighted by Gasteiger charge is 2.68. The van der Waals surface area contributed by atoms with Crippen LogP contribution in [-0.4, -0.2) is 23.1 Å². The first-order valence-corrected chi connectivity index (χ1v) is 10.7. The maximum Gasteiger partial charge on any atom is 0.303 e. The lowest BCUT2D eigenvalue weighted by Crippen LogP contribution is -2.59. The monoisotopic (exact) mass is 389 g/mol. The molecule has 0 aromatic heterocycles. The van der Waals surface area contributed by atoms with E-state index in [9.17, 15) is 14.4 Å². The molecule has 0 radical (unpaired) electrons. The molecule has 0 spiro atoms. The fourth-order valence-corrected chi connectivity index (χ4v) is 7.70. The molecule has 3 fully saturated rings. The van der Waals surface area contributed by atoms with Crippen molar-refractivity contribution in [1.82, 2.24) is 0 Å². The molecular formula is C24H34O4. The minimum Gasteiger partial charge on any atom is -0.451 e. The number of ketones is 2. The quantitative estimate of drug-likeness (QED) is 0.645. The third-order valence-electron chi connectivity index (χ3n) is 9.01. The van der Waals surface area contributed by atoms with Gasteiger partial charge in [-0.2, -0.15) is 0 Å². The summed E-state index contributed by atoms with van der Waals surface area (Å²) in [5, 5.41) is 0. The first-order chi connectivity index (χ1) is 14.3. The van der Waals surface area contributed by atoms with Crippen molar-refractivity contribution >= 4 is 17.5 Å². The van der Waals surface area contributed by atoms with E-state index >= 15 is 0 Å². The van der Waals surface area contributed by atoms with Crippen LogP contribution in [-0.2, 0) is 19.1 Å². The molecule has 0 N–H and O–H groups in total. The summed E-state index contributed by atoms with van der Waals surface area (Å²) < 4.78 is 30.5. The number of Topliss-reactive ketones (excluding diaryl/α,β-unsaturated/α-hetero) is 1. The molecule has 4 aliphatic carbocycles. The van der Waals surface area contributed by atoms with Gasteiger partial charge in [-0.15, -0.1) is 0 Å². The topological polar surface area (TPSA) is 60.4 Å². The first-order valence-electron chi connectivity index (χ1n) is 12.2. The molecule has 0 saturated heterocycles. The van der Waals surface area contributed by atoms with Crippen LogP contribution in [0.4, 0.5) is 0 Å². The summed E-state index contributed by atoms with van der Waals surface area (Å²) in [5.74, 6) is -0.607. The molecule has 0 unspecified atom stereocenters. The van der Waals surface area contributed by atoms with Crippen molar-refractivity contribution in [2.45, 2.75) is 85.1 Å². The Hall–Kier alpha value is -1.45. The number of allylic oxidation sites excluding steroid dienone is 1. The molecule has 3 saturated carbocycles. The summed E-state index contributed by atoms with van der Waals surface area (Å²) in [6.45, 7) is 4.94. The van der Waals surface area contributed by atoms with Gasteiger partial charge >= 0.3 is 5.97 Å². The zero-order valence-electron chi connectivity index (χ0n) is 20.5. The Kier molecular flexibility index (Phi) is 3.66. The van der Waals surface area contributed by atoms with Crippen molar-refractivity contribution in [3.05, 3.63) is 11.6 Å². The third kappa shape index (κ3) is 2.45. The van der Waals surface area contributed by atoms with Crippen LogP contribution in [0.5, 0.6) is 0 Å². The van der Waals surface area contributed by atoms with Crippen LogP contribution < -0.4 is 0 Å². The summed E-state index contributed by atoms with van der Waals surface area (Å²) in [5.41, 5.74) is -1.10. The molecular weight excluding hydrogens is 352 g/mol. The Labute approximate surface area is 172 Å². The second kappa shape index (κ2) is 6.27. The average Bonchev–Trinajstić information content (AvgIpc) is 2.94. The minimum atomic E-state index is -2.17. The molecule has 0 amide bonds. The van der Waals surface area contributed by atoms with Gasteiger partial charge in [0.15, 0.2) is 17.2 Å². The molecule has 28 heavy (non-hydrogen) atoms. The number of esters is 1. The van der Waals surface area contributed by atoms with Crippen molar-refractivity contribution in [2.24, 2.45) is 34.5 Å². The standard InChI is InChI=1S/C24H34O4/c1-14-12-18-19(22(4)9-6-17(27)13-21(14)22)7-10-23(5)20(18)8-11-24(23,15(2)25)28-16(3)26/h13-14,18-20H,6-12H2,1-5H3/t14-,18+,19-,20-,22+,23-,24-/m0/s1/i1D3. The lowest BCUT2D eigenvalue weighted by Gasteiger charge is -2.60. The van der Waals surface area contributed by atoms with Gasteiger partial charge < -0.3 is 4.74 Å². The van der Waals surface area contributed by atoms with E-state index < -0.39 is 29.8 Å². The van der Waals surface area contributed by atoms with Gasteiger partial charge in [0.25, 0.3) is 0 Å². The van der Waals surface area contributed by atoms with E-state index in [1.165, 1.54) is 13.8 Å². The maximum absolute atomic E-state index is 12.9. The lowest BCUT2D eigenvalue weighted by atomic mass is 9.44. The average molecular weight is 390 g/mol. The molecule has 4 nitrogen and oxygen atoms in total. The number of ether oxygens (including phenoxy) is 1. The van der Waals surface area contributed by atoms with E-state index in [1.54, 1.807) is 6.08 Å². The second-order valence-corrected chi connectivity index (χ2v) is 10.1. The van der Waals surface area contributed by atoms with Crippen LogP contribution in [0.15, 0.2) is 11.6 Å². The fourth-order valence-electron chi connectivity index (χ4n) is 7.70. The summed E-state index contributed by atoms with van der Waals surface area (Å²) in [7, 11) is 0. The smallest absolute Gasteiger partial charge is 0.303 e. The lowest BCUT2D eigenvalue weighted by molar-refractivity contribution is -0.187. The van der Waals surface area contributed by atoms with Crippen LogP contribution in [0.2, 0.25) is 0 Å². The predicted molar refractivity (Wildman–Crippen MR) is 106 cm³/mol. The van der Waals surface area contributed by atoms with E-state index in [2.05, 4.69) is 13.8 Å². The molecule has 0 aromatic rings. The SMILES string of the molecule is [2H]C([2H])([2H])[C@H]1C[C@@H]2[C@H](CC[C@@]3(C)[C@H]2CC[C@]3(OC(C)=O)C(C)=O)[C@@]2(C)CCC(=O)C=C12. The molecule has 4 heteroatoms. The zero-order valence-corrected chi connectivity index (χ0v) is 17.5. The molecule has 0 aromatic carbocycles. The second-order valence-electron chi connectivity index (χ2n) is 10.1. The number of fused-ring (bicyclic) bond motifs is 5. The van der Waals surface area contributed by atoms with Gasteiger partial charge in [0.1, 0.15) is 0 Å². The Balaban J connectivity index is 1.79. The van der Waals surface area contributed by atoms with Crippen LogP contribution in [0, 0.1) is 34.5 Å². The normalized spacial score (nSPS) is 49.5. The van der Waals surface area contributed by atoms with Crippen molar-refractivity contribution in [3.8, 4) is 0 Å². The third-order valence-corrected chi connectivity index (χ3v) is 9.01. The van der Waals surface area contributed by atoms with Crippen LogP contribution in [0.3, 0.4) is 0 Å². The van der Waals surface area contributed by atoms with E-state index in [4.69, 9.17) is 8.85 Å². The number of carbonyl (C=O) groups excluding carboxylic acids is 3. The predicted octanol–water partition coefficient (Wildman–Crippen LogP) is 4.66. The summed E-state index contributed by atoms with van der Waals surface area (Å²) in [4.78, 5) is 37.1. The van der Waals surface area contributed by atoms with Crippen LogP contribution >= 0.6 is 0 Å². The fraction of sp³-hybridized carbons (Fsp3) is 0.792. The summed E-state index contributed by atoms with van der Waals surface area (Å²) in [6.07, 6.45) is 6.17. The van der Waals surface area contributed by atoms with E-state index in [-0.39, 0.29) is 34.7 Å². The first kappa shape index (κ1) is 16.4. The van der Waals surface area contributed by atoms with Gasteiger partial charge in [-0.25, -0.2) is 0 Å². The Morgan fingerprint density at radius 1 is 1.14 bits per heavy atom. The van der Waals surface area contributed by atoms with E-state index in [1.807, 2.05) is 0 Å². The van der Waals surface area contributed by atoms with Crippen LogP contribution in [0.1, 0.15) is 83.6 Å². The molecule has 0 heterocycles. The van der Waals surface area contributed by atoms with Gasteiger partial charge in [0, 0.05) is 22.9 Å². The highest BCUT2D eigenvalue weighted by molar-refractivity contribution is 5.92. The van der Waals surface area contributed by atoms with Gasteiger partial charge in [-0.1, -0.05) is 26.3 Å². The van der Waals surface area contributed by atoms with E-state index in [0.717, 1.165) is 24.8 Å². The minimum absolute atomic E-state index is 0.0344.